The molecule has 0 atom stereocenters. The lowest BCUT2D eigenvalue weighted by Gasteiger charge is -2.09. The Balaban J connectivity index is 2.14. The Bertz CT molecular complexity index is 642. The summed E-state index contributed by atoms with van der Waals surface area (Å²) >= 11 is 5.68. The molecule has 2 aromatic rings. The number of carbonyl (C=O) groups excluding carboxylic acids is 1. The molecule has 4 heteroatoms. The van der Waals surface area contributed by atoms with E-state index in [1.807, 2.05) is 24.3 Å². The third-order valence-corrected chi connectivity index (χ3v) is 3.50. The smallest absolute Gasteiger partial charge is 0.256 e. The third-order valence-electron chi connectivity index (χ3n) is 3.23. The Morgan fingerprint density at radius 2 is 2.05 bits per heavy atom. The van der Waals surface area contributed by atoms with E-state index in [1.165, 1.54) is 12.1 Å². The van der Waals surface area contributed by atoms with Gasteiger partial charge < -0.3 is 5.32 Å². The average molecular weight is 306 g/mol. The second-order valence-corrected chi connectivity index (χ2v) is 5.28. The largest absolute Gasteiger partial charge is 0.322 e. The third kappa shape index (κ3) is 4.30. The first kappa shape index (κ1) is 15.5. The Morgan fingerprint density at radius 3 is 2.81 bits per heavy atom. The fourth-order valence-electron chi connectivity index (χ4n) is 2.11. The highest BCUT2D eigenvalue weighted by Crippen LogP contribution is 2.16. The maximum absolute atomic E-state index is 13.3. The second kappa shape index (κ2) is 7.23. The van der Waals surface area contributed by atoms with Gasteiger partial charge in [-0.2, -0.15) is 0 Å². The van der Waals surface area contributed by atoms with Crippen LogP contribution in [0.1, 0.15) is 27.9 Å². The van der Waals surface area contributed by atoms with E-state index in [-0.39, 0.29) is 5.91 Å². The van der Waals surface area contributed by atoms with Gasteiger partial charge in [-0.1, -0.05) is 18.2 Å². The lowest BCUT2D eigenvalue weighted by Crippen LogP contribution is -2.13. The standard InChI is InChI=1S/C17H17ClFNO/c1-12-7-8-14(19)11-16(12)17(21)20-15-6-2-4-13(10-15)5-3-9-18/h2,4,6-8,10-11H,3,5,9H2,1H3,(H,20,21). The van der Waals surface area contributed by atoms with Crippen molar-refractivity contribution in [1.82, 2.24) is 0 Å². The number of carbonyl (C=O) groups is 1. The molecular weight excluding hydrogens is 289 g/mol. The molecule has 0 heterocycles. The molecule has 0 fully saturated rings. The Hall–Kier alpha value is -1.87. The zero-order valence-corrected chi connectivity index (χ0v) is 12.6. The van der Waals surface area contributed by atoms with Crippen LogP contribution in [0.5, 0.6) is 0 Å². The van der Waals surface area contributed by atoms with Crippen LogP contribution >= 0.6 is 11.6 Å². The van der Waals surface area contributed by atoms with Crippen LogP contribution in [0.25, 0.3) is 0 Å². The van der Waals surface area contributed by atoms with Crippen LogP contribution in [0.3, 0.4) is 0 Å². The van der Waals surface area contributed by atoms with Gasteiger partial charge in [-0.05, 0) is 55.2 Å². The van der Waals surface area contributed by atoms with E-state index in [0.29, 0.717) is 17.1 Å². The summed E-state index contributed by atoms with van der Waals surface area (Å²) in [6, 6.07) is 11.8. The predicted octanol–water partition coefficient (Wildman–Crippen LogP) is 4.56. The van der Waals surface area contributed by atoms with Crippen molar-refractivity contribution >= 4 is 23.2 Å². The molecule has 0 saturated heterocycles. The number of hydrogen-bond acceptors (Lipinski definition) is 1. The molecular formula is C17H17ClFNO. The molecule has 1 N–H and O–H groups in total. The van der Waals surface area contributed by atoms with Crippen LogP contribution in [0.4, 0.5) is 10.1 Å². The van der Waals surface area contributed by atoms with Crippen molar-refractivity contribution in [3.63, 3.8) is 0 Å². The van der Waals surface area contributed by atoms with Crippen molar-refractivity contribution in [2.75, 3.05) is 11.2 Å². The summed E-state index contributed by atoms with van der Waals surface area (Å²) in [5, 5.41) is 2.80. The van der Waals surface area contributed by atoms with Gasteiger partial charge in [0.25, 0.3) is 5.91 Å². The molecule has 0 unspecified atom stereocenters. The average Bonchev–Trinajstić information content (AvgIpc) is 2.48. The van der Waals surface area contributed by atoms with Crippen molar-refractivity contribution in [3.8, 4) is 0 Å². The summed E-state index contributed by atoms with van der Waals surface area (Å²) in [5.74, 6) is -0.109. The van der Waals surface area contributed by atoms with Crippen LogP contribution < -0.4 is 5.32 Å². The monoisotopic (exact) mass is 305 g/mol. The molecule has 0 spiro atoms. The first-order valence-corrected chi connectivity index (χ1v) is 7.36. The van der Waals surface area contributed by atoms with Crippen LogP contribution in [-0.2, 0) is 6.42 Å². The topological polar surface area (TPSA) is 29.1 Å². The van der Waals surface area contributed by atoms with Gasteiger partial charge in [0.15, 0.2) is 0 Å². The molecule has 2 rings (SSSR count). The van der Waals surface area contributed by atoms with Crippen molar-refractivity contribution < 1.29 is 9.18 Å². The molecule has 0 bridgehead atoms. The van der Waals surface area contributed by atoms with Crippen molar-refractivity contribution in [2.45, 2.75) is 19.8 Å². The summed E-state index contributed by atoms with van der Waals surface area (Å²) in [5.41, 5.74) is 2.91. The van der Waals surface area contributed by atoms with Crippen LogP contribution in [0.2, 0.25) is 0 Å². The number of nitrogens with one attached hydrogen (secondary N) is 1. The number of anilines is 1. The van der Waals surface area contributed by atoms with E-state index in [1.54, 1.807) is 13.0 Å². The molecule has 1 amide bonds. The van der Waals surface area contributed by atoms with Gasteiger partial charge in [-0.25, -0.2) is 4.39 Å². The van der Waals surface area contributed by atoms with Gasteiger partial charge in [-0.15, -0.1) is 11.6 Å². The minimum atomic E-state index is -0.415. The molecule has 2 nitrogen and oxygen atoms in total. The van der Waals surface area contributed by atoms with Crippen LogP contribution in [-0.4, -0.2) is 11.8 Å². The number of alkyl halides is 1. The molecule has 110 valence electrons. The number of halogens is 2. The highest BCUT2D eigenvalue weighted by atomic mass is 35.5. The maximum Gasteiger partial charge on any atom is 0.256 e. The van der Waals surface area contributed by atoms with Crippen molar-refractivity contribution in [2.24, 2.45) is 0 Å². The Morgan fingerprint density at radius 1 is 1.24 bits per heavy atom. The Labute approximate surface area is 128 Å². The van der Waals surface area contributed by atoms with E-state index >= 15 is 0 Å². The molecule has 0 radical (unpaired) electrons. The SMILES string of the molecule is Cc1ccc(F)cc1C(=O)Nc1cccc(CCCCl)c1. The zero-order valence-electron chi connectivity index (χ0n) is 11.8. The lowest BCUT2D eigenvalue weighted by atomic mass is 10.1. The minimum Gasteiger partial charge on any atom is -0.322 e. The molecule has 0 aliphatic carbocycles. The van der Waals surface area contributed by atoms with Gasteiger partial charge in [0.2, 0.25) is 0 Å². The summed E-state index contributed by atoms with van der Waals surface area (Å²) < 4.78 is 13.3. The normalized spacial score (nSPS) is 10.4. The minimum absolute atomic E-state index is 0.304. The van der Waals surface area contributed by atoms with E-state index < -0.39 is 5.82 Å². The van der Waals surface area contributed by atoms with Gasteiger partial charge in [0, 0.05) is 17.1 Å². The molecule has 0 aliphatic rings. The fraction of sp³-hybridized carbons (Fsp3) is 0.235. The predicted molar refractivity (Wildman–Crippen MR) is 84.6 cm³/mol. The quantitative estimate of drug-likeness (QED) is 0.806. The number of rotatable bonds is 5. The molecule has 0 aliphatic heterocycles. The molecule has 2 aromatic carbocycles. The first-order chi connectivity index (χ1) is 10.1. The molecule has 21 heavy (non-hydrogen) atoms. The zero-order chi connectivity index (χ0) is 15.2. The van der Waals surface area contributed by atoms with Crippen molar-refractivity contribution in [3.05, 3.63) is 65.0 Å². The van der Waals surface area contributed by atoms with E-state index in [2.05, 4.69) is 5.32 Å². The number of benzene rings is 2. The lowest BCUT2D eigenvalue weighted by molar-refractivity contribution is 0.102. The van der Waals surface area contributed by atoms with Gasteiger partial charge in [0.05, 0.1) is 0 Å². The number of amides is 1. The highest BCUT2D eigenvalue weighted by Gasteiger charge is 2.10. The van der Waals surface area contributed by atoms with Crippen LogP contribution in [0.15, 0.2) is 42.5 Å². The van der Waals surface area contributed by atoms with Gasteiger partial charge >= 0.3 is 0 Å². The Kier molecular flexibility index (Phi) is 5.34. The molecule has 0 aromatic heterocycles. The second-order valence-electron chi connectivity index (χ2n) is 4.91. The van der Waals surface area contributed by atoms with Gasteiger partial charge in [-0.3, -0.25) is 4.79 Å². The fourth-order valence-corrected chi connectivity index (χ4v) is 2.25. The molecule has 0 saturated carbocycles. The maximum atomic E-state index is 13.3. The van der Waals surface area contributed by atoms with Gasteiger partial charge in [0.1, 0.15) is 5.82 Å². The van der Waals surface area contributed by atoms with E-state index in [9.17, 15) is 9.18 Å². The summed E-state index contributed by atoms with van der Waals surface area (Å²) in [6.07, 6.45) is 1.76. The van der Waals surface area contributed by atoms with E-state index in [0.717, 1.165) is 24.0 Å². The number of aryl methyl sites for hydroxylation is 2. The summed E-state index contributed by atoms with van der Waals surface area (Å²) in [4.78, 5) is 12.2. The summed E-state index contributed by atoms with van der Waals surface area (Å²) in [7, 11) is 0. The number of hydrogen-bond donors (Lipinski definition) is 1. The van der Waals surface area contributed by atoms with Crippen LogP contribution in [0, 0.1) is 12.7 Å². The first-order valence-electron chi connectivity index (χ1n) is 6.82. The van der Waals surface area contributed by atoms with Crippen molar-refractivity contribution in [1.29, 1.82) is 0 Å². The highest BCUT2D eigenvalue weighted by molar-refractivity contribution is 6.17. The van der Waals surface area contributed by atoms with E-state index in [4.69, 9.17) is 11.6 Å². The summed E-state index contributed by atoms with van der Waals surface area (Å²) in [6.45, 7) is 1.78.